The number of hydrogen-bond donors (Lipinski definition) is 2. The van der Waals surface area contributed by atoms with Crippen molar-refractivity contribution >= 4 is 33.6 Å². The zero-order chi connectivity index (χ0) is 40.0. The van der Waals surface area contributed by atoms with Crippen LogP contribution in [0.1, 0.15) is 37.7 Å². The van der Waals surface area contributed by atoms with Gasteiger partial charge in [-0.15, -0.1) is 0 Å². The molecule has 2 N–H and O–H groups in total. The third kappa shape index (κ3) is 8.81. The Balaban J connectivity index is 1.11. The predicted molar refractivity (Wildman–Crippen MR) is 205 cm³/mol. The summed E-state index contributed by atoms with van der Waals surface area (Å²) in [7, 11) is -1.36. The van der Waals surface area contributed by atoms with E-state index in [4.69, 9.17) is 14.2 Å². The van der Waals surface area contributed by atoms with Crippen molar-refractivity contribution in [1.29, 1.82) is 0 Å². The van der Waals surface area contributed by atoms with Gasteiger partial charge in [-0.25, -0.2) is 26.8 Å². The summed E-state index contributed by atoms with van der Waals surface area (Å²) < 4.78 is 72.9. The third-order valence-electron chi connectivity index (χ3n) is 12.3. The number of methoxy groups -OCH3 is 2. The molecule has 0 radical (unpaired) electrons. The number of carbonyl (C=O) groups excluding carboxylic acids is 3. The minimum atomic E-state index is -3.99. The van der Waals surface area contributed by atoms with E-state index in [0.717, 1.165) is 69.4 Å². The molecule has 1 aliphatic carbocycles. The first-order valence-corrected chi connectivity index (χ1v) is 20.9. The van der Waals surface area contributed by atoms with Crippen molar-refractivity contribution in [2.45, 2.75) is 53.7 Å². The number of anilines is 1. The highest BCUT2D eigenvalue weighted by Crippen LogP contribution is 2.50. The lowest BCUT2D eigenvalue weighted by Gasteiger charge is -2.51. The second-order valence-corrected chi connectivity index (χ2v) is 17.6. The van der Waals surface area contributed by atoms with Crippen molar-refractivity contribution in [3.63, 3.8) is 0 Å². The molecule has 3 heterocycles. The van der Waals surface area contributed by atoms with E-state index < -0.39 is 38.5 Å². The van der Waals surface area contributed by atoms with Crippen LogP contribution in [0.2, 0.25) is 0 Å². The number of ether oxygens (including phenoxy) is 3. The molecule has 4 fully saturated rings. The van der Waals surface area contributed by atoms with Crippen LogP contribution in [0.5, 0.6) is 0 Å². The molecule has 306 valence electrons. The zero-order valence-corrected chi connectivity index (χ0v) is 32.9. The first-order valence-electron chi connectivity index (χ1n) is 19.3. The Labute approximate surface area is 327 Å². The first-order chi connectivity index (χ1) is 26.9. The van der Waals surface area contributed by atoms with Gasteiger partial charge < -0.3 is 39.5 Å². The van der Waals surface area contributed by atoms with Gasteiger partial charge in [-0.3, -0.25) is 4.79 Å². The topological polar surface area (TPSA) is 147 Å². The van der Waals surface area contributed by atoms with Gasteiger partial charge in [-0.05, 0) is 92.6 Å². The van der Waals surface area contributed by atoms with Crippen LogP contribution in [0.15, 0.2) is 60.0 Å². The van der Waals surface area contributed by atoms with E-state index >= 15 is 4.39 Å². The largest absolute Gasteiger partial charge is 0.453 e. The molecule has 3 amide bonds. The fourth-order valence-electron chi connectivity index (χ4n) is 9.45. The van der Waals surface area contributed by atoms with E-state index in [9.17, 15) is 27.2 Å². The van der Waals surface area contributed by atoms with E-state index in [1.807, 2.05) is 11.0 Å². The minimum Gasteiger partial charge on any atom is -0.453 e. The number of hydrogen-bond acceptors (Lipinski definition) is 10. The van der Waals surface area contributed by atoms with Crippen LogP contribution in [0.25, 0.3) is 0 Å². The van der Waals surface area contributed by atoms with Crippen molar-refractivity contribution in [1.82, 2.24) is 20.4 Å². The summed E-state index contributed by atoms with van der Waals surface area (Å²) in [4.78, 5) is 42.7. The molecule has 16 heteroatoms. The molecule has 1 unspecified atom stereocenters. The van der Waals surface area contributed by atoms with Crippen molar-refractivity contribution in [3.05, 3.63) is 72.3 Å². The van der Waals surface area contributed by atoms with Gasteiger partial charge >= 0.3 is 12.2 Å². The number of sulfone groups is 1. The van der Waals surface area contributed by atoms with Crippen LogP contribution in [0.3, 0.4) is 0 Å². The van der Waals surface area contributed by atoms with Gasteiger partial charge in [0, 0.05) is 56.6 Å². The molecule has 13 nitrogen and oxygen atoms in total. The molecule has 1 saturated carbocycles. The highest BCUT2D eigenvalue weighted by Gasteiger charge is 2.52. The summed E-state index contributed by atoms with van der Waals surface area (Å²) in [6.45, 7) is 7.53. The molecular formula is C40H53F2N5O8S. The van der Waals surface area contributed by atoms with Gasteiger partial charge in [0.15, 0.2) is 9.84 Å². The molecule has 2 aromatic carbocycles. The Morgan fingerprint density at radius 3 is 2.41 bits per heavy atom. The molecule has 56 heavy (non-hydrogen) atoms. The van der Waals surface area contributed by atoms with Gasteiger partial charge in [0.2, 0.25) is 5.91 Å². The van der Waals surface area contributed by atoms with Gasteiger partial charge in [0.05, 0.1) is 38.0 Å². The van der Waals surface area contributed by atoms with E-state index in [-0.39, 0.29) is 73.3 Å². The first kappa shape index (κ1) is 41.4. The third-order valence-corrected chi connectivity index (χ3v) is 14.3. The van der Waals surface area contributed by atoms with E-state index in [0.29, 0.717) is 18.8 Å². The monoisotopic (exact) mass is 801 g/mol. The van der Waals surface area contributed by atoms with Crippen molar-refractivity contribution in [3.8, 4) is 0 Å². The Morgan fingerprint density at radius 1 is 0.982 bits per heavy atom. The van der Waals surface area contributed by atoms with Crippen LogP contribution >= 0.6 is 0 Å². The maximum Gasteiger partial charge on any atom is 0.407 e. The number of alkyl carbamates (subject to hydrolysis) is 2. The lowest BCUT2D eigenvalue weighted by Crippen LogP contribution is -2.58. The van der Waals surface area contributed by atoms with Crippen LogP contribution in [-0.4, -0.2) is 127 Å². The van der Waals surface area contributed by atoms with Crippen LogP contribution in [0, 0.1) is 29.4 Å². The molecule has 3 saturated heterocycles. The summed E-state index contributed by atoms with van der Waals surface area (Å²) in [5.41, 5.74) is 0.406. The normalized spacial score (nSPS) is 23.7. The number of piperidine rings is 1. The fourth-order valence-corrected chi connectivity index (χ4v) is 11.0. The molecule has 3 aliphatic heterocycles. The molecule has 0 aromatic heterocycles. The zero-order valence-electron chi connectivity index (χ0n) is 32.1. The van der Waals surface area contributed by atoms with Crippen molar-refractivity contribution in [2.75, 3.05) is 84.7 Å². The summed E-state index contributed by atoms with van der Waals surface area (Å²) in [5.74, 6) is -1.18. The second kappa shape index (κ2) is 17.9. The van der Waals surface area contributed by atoms with E-state index in [1.54, 1.807) is 12.1 Å². The molecule has 4 atom stereocenters. The van der Waals surface area contributed by atoms with Gasteiger partial charge in [0.25, 0.3) is 0 Å². The van der Waals surface area contributed by atoms with Gasteiger partial charge in [-0.2, -0.15) is 0 Å². The smallest absolute Gasteiger partial charge is 0.407 e. The number of amides is 3. The fraction of sp³-hybridized carbons (Fsp3) is 0.575. The second-order valence-electron chi connectivity index (χ2n) is 15.4. The van der Waals surface area contributed by atoms with Gasteiger partial charge in [-0.1, -0.05) is 25.1 Å². The van der Waals surface area contributed by atoms with Crippen molar-refractivity contribution < 1.29 is 45.8 Å². The minimum absolute atomic E-state index is 0.0413. The molecule has 0 spiro atoms. The lowest BCUT2D eigenvalue weighted by molar-refractivity contribution is -0.126. The van der Waals surface area contributed by atoms with Gasteiger partial charge in [0.1, 0.15) is 16.9 Å². The SMILES string of the molecule is C=CC(=O)N1CCOC[C@@H](S(=O)(=O)c2ccc(N3CC(CN4CCC(C(CNC(=O)OC)(c5cccc(F)c5)[C@H]5CCC[C@@H]5NC(=O)OC)CC4)C3)c(F)c2)C1. The molecule has 0 bridgehead atoms. The quantitative estimate of drug-likeness (QED) is 0.301. The summed E-state index contributed by atoms with van der Waals surface area (Å²) in [6, 6.07) is 10.3. The summed E-state index contributed by atoms with van der Waals surface area (Å²) in [5, 5.41) is 4.94. The average molecular weight is 802 g/mol. The highest BCUT2D eigenvalue weighted by atomic mass is 32.2. The maximum atomic E-state index is 15.5. The van der Waals surface area contributed by atoms with Crippen LogP contribution in [0.4, 0.5) is 24.1 Å². The highest BCUT2D eigenvalue weighted by molar-refractivity contribution is 7.92. The van der Waals surface area contributed by atoms with Crippen LogP contribution in [-0.2, 0) is 34.3 Å². The Hall–Kier alpha value is -4.28. The van der Waals surface area contributed by atoms with Crippen LogP contribution < -0.4 is 15.5 Å². The predicted octanol–water partition coefficient (Wildman–Crippen LogP) is 4.12. The standard InChI is InChI=1S/C40H53F2N5O8S/c1-4-37(48)46-17-18-55-25-32(24-46)56(51,52)31-11-12-36(34(42)20-31)47-22-27(23-47)21-45-15-13-28(14-16-45)40(26-43-38(49)53-2,29-7-5-8-30(41)19-29)33-9-6-10-35(33)44-39(50)54-3/h4-5,7-8,11-12,19-20,27-28,32-33,35H,1,6,9-10,13-18,21-26H2,2-3H3,(H,43,49)(H,44,50)/t32-,33-,35-,40?/m0/s1. The Morgan fingerprint density at radius 2 is 1.73 bits per heavy atom. The summed E-state index contributed by atoms with van der Waals surface area (Å²) >= 11 is 0. The molecular weight excluding hydrogens is 749 g/mol. The number of benzene rings is 2. The molecule has 6 rings (SSSR count). The number of carbonyl (C=O) groups is 3. The van der Waals surface area contributed by atoms with E-state index in [1.165, 1.54) is 37.3 Å². The Kier molecular flexibility index (Phi) is 13.2. The van der Waals surface area contributed by atoms with E-state index in [2.05, 4.69) is 22.1 Å². The number of halogens is 2. The average Bonchev–Trinajstić information content (AvgIpc) is 3.49. The van der Waals surface area contributed by atoms with Crippen molar-refractivity contribution in [2.24, 2.45) is 17.8 Å². The maximum absolute atomic E-state index is 15.5. The molecule has 2 aromatic rings. The number of likely N-dealkylation sites (tertiary alicyclic amines) is 1. The number of rotatable bonds is 12. The molecule has 4 aliphatic rings. The number of nitrogens with one attached hydrogen (secondary N) is 2. The Bertz CT molecular complexity index is 1850. The number of nitrogens with zero attached hydrogens (tertiary/aromatic N) is 3. The lowest BCUT2D eigenvalue weighted by atomic mass is 9.58. The summed E-state index contributed by atoms with van der Waals surface area (Å²) in [6.07, 6.45) is 3.94.